The molecule has 0 saturated heterocycles. The van der Waals surface area contributed by atoms with E-state index in [0.717, 1.165) is 0 Å². The van der Waals surface area contributed by atoms with Crippen LogP contribution in [0.3, 0.4) is 0 Å². The quantitative estimate of drug-likeness (QED) is 0.195. The molecular formula is C27H48P2PtSiTe. The maximum atomic E-state index is 2.29. The number of hydrogen-bond acceptors (Lipinski definition) is 0. The van der Waals surface area contributed by atoms with Crippen LogP contribution in [0.2, 0.25) is 19.6 Å². The summed E-state index contributed by atoms with van der Waals surface area (Å²) in [5.41, 5.74) is 2.57. The fraction of sp³-hybridized carbons (Fsp3) is 0.556. The van der Waals surface area contributed by atoms with Gasteiger partial charge in [-0.2, -0.15) is 0 Å². The van der Waals surface area contributed by atoms with Crippen molar-refractivity contribution in [2.24, 2.45) is 0 Å². The minimum atomic E-state index is 0. The Kier molecular flexibility index (Phi) is 31.2. The van der Waals surface area contributed by atoms with Crippen LogP contribution >= 0.6 is 15.8 Å². The topological polar surface area (TPSA) is 0 Å². The molecule has 0 aromatic heterocycles. The number of rotatable bonds is 7. The van der Waals surface area contributed by atoms with E-state index in [1.807, 2.05) is 28.4 Å². The third kappa shape index (κ3) is 22.8. The molecule has 0 heterocycles. The Hall–Kier alpha value is 0.995. The van der Waals surface area contributed by atoms with Crippen molar-refractivity contribution in [3.63, 3.8) is 0 Å². The van der Waals surface area contributed by atoms with E-state index in [0.29, 0.717) is 15.8 Å². The SMILES string of the molecule is CCP(CC)CC.CCP(CC)CC.C[Si](C)C.[Pt].[Te]c1ccc(-c2ccccc2)cc1. The van der Waals surface area contributed by atoms with Crippen molar-refractivity contribution in [2.75, 3.05) is 37.0 Å². The molecule has 0 amide bonds. The normalized spacial score (nSPS) is 9.62. The van der Waals surface area contributed by atoms with Crippen LogP contribution in [0.4, 0.5) is 0 Å². The third-order valence-corrected chi connectivity index (χ3v) is 10.8. The first kappa shape index (κ1) is 37.5. The Balaban J connectivity index is -0.000000384. The second-order valence-electron chi connectivity index (χ2n) is 7.63. The van der Waals surface area contributed by atoms with Crippen LogP contribution in [-0.4, -0.2) is 68.1 Å². The van der Waals surface area contributed by atoms with Crippen molar-refractivity contribution in [1.29, 1.82) is 0 Å². The van der Waals surface area contributed by atoms with Gasteiger partial charge in [0.05, 0.1) is 0 Å². The first-order valence-electron chi connectivity index (χ1n) is 11.8. The molecular weight excluding hydrogens is 737 g/mol. The van der Waals surface area contributed by atoms with E-state index in [1.54, 1.807) is 0 Å². The van der Waals surface area contributed by atoms with Crippen LogP contribution < -0.4 is 3.61 Å². The zero-order valence-electron chi connectivity index (χ0n) is 22.1. The first-order valence-corrected chi connectivity index (χ1v) is 19.8. The van der Waals surface area contributed by atoms with Gasteiger partial charge in [-0.15, -0.1) is 15.8 Å². The summed E-state index contributed by atoms with van der Waals surface area (Å²) >= 11 is 2.04. The van der Waals surface area contributed by atoms with Crippen molar-refractivity contribution in [1.82, 2.24) is 0 Å². The van der Waals surface area contributed by atoms with E-state index in [1.165, 1.54) is 51.7 Å². The molecule has 0 nitrogen and oxygen atoms in total. The van der Waals surface area contributed by atoms with Crippen LogP contribution in [0.1, 0.15) is 41.5 Å². The summed E-state index contributed by atoms with van der Waals surface area (Å²) in [6, 6.07) is 19.0. The van der Waals surface area contributed by atoms with E-state index in [-0.39, 0.29) is 29.9 Å². The summed E-state index contributed by atoms with van der Waals surface area (Å²) < 4.78 is 1.32. The standard InChI is InChI=1S/C12H9Te.2C6H15P.C3H9Si.Pt/c13-12-8-6-11(7-9-12)10-4-2-1-3-5-10;2*1-4-7(5-2)6-3;1-4(2)3;/h1-9H;2*4-6H2,1-3H3;1-3H3;. The van der Waals surface area contributed by atoms with E-state index in [4.69, 9.17) is 0 Å². The van der Waals surface area contributed by atoms with Crippen molar-refractivity contribution in [3.8, 4) is 11.1 Å². The van der Waals surface area contributed by atoms with Gasteiger partial charge in [0.25, 0.3) is 0 Å². The Morgan fingerprint density at radius 1 is 0.562 bits per heavy atom. The fourth-order valence-electron chi connectivity index (χ4n) is 2.62. The van der Waals surface area contributed by atoms with Gasteiger partial charge < -0.3 is 0 Å². The summed E-state index contributed by atoms with van der Waals surface area (Å²) in [5.74, 6) is 0. The van der Waals surface area contributed by atoms with Crippen molar-refractivity contribution in [2.45, 2.75) is 61.2 Å². The third-order valence-electron chi connectivity index (χ3n) is 4.64. The van der Waals surface area contributed by atoms with Gasteiger partial charge in [-0.1, -0.05) is 61.2 Å². The minimum absolute atomic E-state index is 0. The summed E-state index contributed by atoms with van der Waals surface area (Å²) in [4.78, 5) is 0. The Bertz CT molecular complexity index is 575. The molecule has 186 valence electrons. The van der Waals surface area contributed by atoms with Gasteiger partial charge in [0.2, 0.25) is 0 Å². The van der Waals surface area contributed by atoms with Crippen LogP contribution in [0.5, 0.6) is 0 Å². The van der Waals surface area contributed by atoms with Gasteiger partial charge in [-0.05, 0) is 37.0 Å². The molecule has 0 N–H and O–H groups in total. The van der Waals surface area contributed by atoms with Crippen molar-refractivity contribution in [3.05, 3.63) is 54.6 Å². The van der Waals surface area contributed by atoms with Crippen LogP contribution in [-0.2, 0) is 21.1 Å². The monoisotopic (exact) mass is 787 g/mol. The van der Waals surface area contributed by atoms with Crippen LogP contribution in [0.15, 0.2) is 54.6 Å². The van der Waals surface area contributed by atoms with Gasteiger partial charge in [-0.25, -0.2) is 0 Å². The zero-order valence-corrected chi connectivity index (χ0v) is 29.4. The van der Waals surface area contributed by atoms with Crippen LogP contribution in [0, 0.1) is 0 Å². The molecule has 0 fully saturated rings. The Morgan fingerprint density at radius 2 is 0.844 bits per heavy atom. The van der Waals surface area contributed by atoms with Gasteiger partial charge in [0.1, 0.15) is 0 Å². The predicted octanol–water partition coefficient (Wildman–Crippen LogP) is 8.57. The predicted molar refractivity (Wildman–Crippen MR) is 158 cm³/mol. The fourth-order valence-corrected chi connectivity index (χ4v) is 5.69. The van der Waals surface area contributed by atoms with E-state index in [2.05, 4.69) is 110 Å². The molecule has 0 bridgehead atoms. The second-order valence-corrected chi connectivity index (χ2v) is 18.5. The van der Waals surface area contributed by atoms with Gasteiger partial charge in [0.15, 0.2) is 0 Å². The molecule has 2 aromatic carbocycles. The molecule has 2 rings (SSSR count). The summed E-state index contributed by atoms with van der Waals surface area (Å²) in [6.07, 6.45) is 8.51. The van der Waals surface area contributed by atoms with Crippen molar-refractivity contribution >= 4 is 50.5 Å². The van der Waals surface area contributed by atoms with E-state index < -0.39 is 0 Å². The molecule has 0 spiro atoms. The second kappa shape index (κ2) is 26.6. The molecule has 0 saturated carbocycles. The van der Waals surface area contributed by atoms with Crippen LogP contribution in [0.25, 0.3) is 11.1 Å². The molecule has 32 heavy (non-hydrogen) atoms. The maximum absolute atomic E-state index is 2.29. The van der Waals surface area contributed by atoms with Gasteiger partial charge >= 0.3 is 91.6 Å². The zero-order chi connectivity index (χ0) is 24.1. The summed E-state index contributed by atoms with van der Waals surface area (Å²) in [6.45, 7) is 20.5. The summed E-state index contributed by atoms with van der Waals surface area (Å²) in [7, 11) is 1.01. The average molecular weight is 785 g/mol. The Morgan fingerprint density at radius 3 is 1.09 bits per heavy atom. The number of hydrogen-bond donors (Lipinski definition) is 0. The molecule has 0 aliphatic rings. The molecule has 0 unspecified atom stereocenters. The molecule has 2 radical (unpaired) electrons. The summed E-state index contributed by atoms with van der Waals surface area (Å²) in [5, 5.41) is 0. The average Bonchev–Trinajstić information content (AvgIpc) is 2.78. The molecule has 0 atom stereocenters. The number of benzene rings is 2. The van der Waals surface area contributed by atoms with E-state index in [9.17, 15) is 0 Å². The van der Waals surface area contributed by atoms with E-state index >= 15 is 0 Å². The van der Waals surface area contributed by atoms with Crippen molar-refractivity contribution < 1.29 is 21.1 Å². The first-order chi connectivity index (χ1) is 14.8. The molecule has 0 aliphatic heterocycles. The van der Waals surface area contributed by atoms with Gasteiger partial charge in [-0.3, -0.25) is 0 Å². The Labute approximate surface area is 233 Å². The molecule has 2 aromatic rings. The molecule has 0 aliphatic carbocycles. The molecule has 5 heteroatoms. The van der Waals surface area contributed by atoms with Gasteiger partial charge in [0, 0.05) is 29.9 Å².